The molecule has 3 aromatic rings. The van der Waals surface area contributed by atoms with E-state index in [-0.39, 0.29) is 12.3 Å². The Hall–Kier alpha value is -2.93. The fourth-order valence-electron chi connectivity index (χ4n) is 2.76. The van der Waals surface area contributed by atoms with Crippen molar-refractivity contribution in [2.45, 2.75) is 18.6 Å². The van der Waals surface area contributed by atoms with Crippen LogP contribution >= 0.6 is 0 Å². The van der Waals surface area contributed by atoms with Crippen molar-refractivity contribution in [3.8, 4) is 0 Å². The van der Waals surface area contributed by atoms with E-state index >= 15 is 0 Å². The van der Waals surface area contributed by atoms with Crippen molar-refractivity contribution in [3.63, 3.8) is 0 Å². The molecule has 0 aliphatic carbocycles. The van der Waals surface area contributed by atoms with Gasteiger partial charge in [0.05, 0.1) is 29.0 Å². The van der Waals surface area contributed by atoms with Crippen molar-refractivity contribution < 1.29 is 18.0 Å². The first kappa shape index (κ1) is 18.8. The first-order chi connectivity index (χ1) is 12.9. The van der Waals surface area contributed by atoms with Gasteiger partial charge in [-0.05, 0) is 43.3 Å². The Morgan fingerprint density at radius 2 is 1.81 bits per heavy atom. The third-order valence-electron chi connectivity index (χ3n) is 4.24. The lowest BCUT2D eigenvalue weighted by Gasteiger charge is -2.17. The second-order valence-corrected chi connectivity index (χ2v) is 6.15. The maximum absolute atomic E-state index is 12.6. The molecule has 1 heterocycles. The smallest absolute Gasteiger partial charge is 0.323 e. The quantitative estimate of drug-likeness (QED) is 0.710. The van der Waals surface area contributed by atoms with Crippen LogP contribution in [0.3, 0.4) is 0 Å². The lowest BCUT2D eigenvalue weighted by Crippen LogP contribution is -2.40. The zero-order valence-electron chi connectivity index (χ0n) is 14.5. The number of alkyl halides is 3. The number of halogens is 3. The lowest BCUT2D eigenvalue weighted by atomic mass is 10.0. The molecule has 3 rings (SSSR count). The summed E-state index contributed by atoms with van der Waals surface area (Å²) in [6, 6.07) is 13.6. The highest BCUT2D eigenvalue weighted by atomic mass is 19.4. The van der Waals surface area contributed by atoms with Gasteiger partial charge in [-0.25, -0.2) is 0 Å². The molecular weight excluding hydrogens is 355 g/mol. The Bertz CT molecular complexity index is 939. The van der Waals surface area contributed by atoms with Crippen LogP contribution in [-0.4, -0.2) is 24.0 Å². The molecule has 0 radical (unpaired) electrons. The molecule has 0 aliphatic rings. The predicted molar refractivity (Wildman–Crippen MR) is 98.4 cm³/mol. The predicted octanol–water partition coefficient (Wildman–Crippen LogP) is 4.02. The van der Waals surface area contributed by atoms with Crippen LogP contribution in [0.4, 0.5) is 18.9 Å². The first-order valence-electron chi connectivity index (χ1n) is 8.36. The Balaban J connectivity index is 1.69. The van der Waals surface area contributed by atoms with Crippen molar-refractivity contribution in [1.29, 1.82) is 0 Å². The van der Waals surface area contributed by atoms with Crippen LogP contribution in [0.25, 0.3) is 10.9 Å². The van der Waals surface area contributed by atoms with Crippen molar-refractivity contribution >= 4 is 22.5 Å². The number of nitrogens with one attached hydrogen (secondary N) is 2. The summed E-state index contributed by atoms with van der Waals surface area (Å²) in [7, 11) is 1.63. The van der Waals surface area contributed by atoms with Crippen LogP contribution in [0.5, 0.6) is 0 Å². The van der Waals surface area contributed by atoms with E-state index < -0.39 is 17.8 Å². The van der Waals surface area contributed by atoms with E-state index in [1.807, 2.05) is 30.3 Å². The number of fused-ring (bicyclic) bond motifs is 1. The SMILES string of the molecule is CNC(Cc1ccc(C(F)(F)F)cc1)C(=O)Nc1cnc2ccccc2c1. The molecule has 1 atom stereocenters. The number of hydrogen-bond acceptors (Lipinski definition) is 3. The first-order valence-corrected chi connectivity index (χ1v) is 8.36. The molecule has 2 aromatic carbocycles. The van der Waals surface area contributed by atoms with Crippen LogP contribution in [-0.2, 0) is 17.4 Å². The van der Waals surface area contributed by atoms with Gasteiger partial charge in [-0.2, -0.15) is 13.2 Å². The van der Waals surface area contributed by atoms with E-state index in [2.05, 4.69) is 15.6 Å². The molecule has 140 valence electrons. The third kappa shape index (κ3) is 4.62. The number of aromatic nitrogens is 1. The monoisotopic (exact) mass is 373 g/mol. The van der Waals surface area contributed by atoms with Gasteiger partial charge in [0.25, 0.3) is 0 Å². The number of carbonyl (C=O) groups excluding carboxylic acids is 1. The number of para-hydroxylation sites is 1. The normalized spacial score (nSPS) is 12.7. The van der Waals surface area contributed by atoms with Crippen molar-refractivity contribution in [2.24, 2.45) is 0 Å². The highest BCUT2D eigenvalue weighted by Gasteiger charge is 2.30. The minimum Gasteiger partial charge on any atom is -0.323 e. The number of hydrogen-bond donors (Lipinski definition) is 2. The number of likely N-dealkylation sites (N-methyl/N-ethyl adjacent to an activating group) is 1. The summed E-state index contributed by atoms with van der Waals surface area (Å²) < 4.78 is 37.9. The summed E-state index contributed by atoms with van der Waals surface area (Å²) in [5.74, 6) is -0.283. The van der Waals surface area contributed by atoms with Gasteiger partial charge in [0, 0.05) is 5.39 Å². The zero-order chi connectivity index (χ0) is 19.4. The molecule has 0 spiro atoms. The van der Waals surface area contributed by atoms with E-state index in [0.29, 0.717) is 11.3 Å². The highest BCUT2D eigenvalue weighted by molar-refractivity contribution is 5.96. The molecule has 7 heteroatoms. The van der Waals surface area contributed by atoms with Crippen LogP contribution in [0.2, 0.25) is 0 Å². The van der Waals surface area contributed by atoms with Crippen LogP contribution in [0.15, 0.2) is 60.8 Å². The highest BCUT2D eigenvalue weighted by Crippen LogP contribution is 2.29. The molecule has 2 N–H and O–H groups in total. The van der Waals surface area contributed by atoms with Gasteiger partial charge in [-0.3, -0.25) is 9.78 Å². The number of amides is 1. The number of anilines is 1. The Morgan fingerprint density at radius 3 is 2.48 bits per heavy atom. The summed E-state index contributed by atoms with van der Waals surface area (Å²) in [5.41, 5.74) is 1.31. The number of rotatable bonds is 5. The maximum atomic E-state index is 12.6. The average Bonchev–Trinajstić information content (AvgIpc) is 2.65. The summed E-state index contributed by atoms with van der Waals surface area (Å²) >= 11 is 0. The fourth-order valence-corrected chi connectivity index (χ4v) is 2.76. The molecule has 27 heavy (non-hydrogen) atoms. The van der Waals surface area contributed by atoms with Gasteiger partial charge >= 0.3 is 6.18 Å². The second-order valence-electron chi connectivity index (χ2n) is 6.15. The van der Waals surface area contributed by atoms with Crippen molar-refractivity contribution in [2.75, 3.05) is 12.4 Å². The minimum atomic E-state index is -4.37. The summed E-state index contributed by atoms with van der Waals surface area (Å²) in [5, 5.41) is 6.60. The molecular formula is C20H18F3N3O. The standard InChI is InChI=1S/C20H18F3N3O/c1-24-18(10-13-6-8-15(9-7-13)20(21,22)23)19(27)26-16-11-14-4-2-3-5-17(14)25-12-16/h2-9,11-12,18,24H,10H2,1H3,(H,26,27). The Labute approximate surface area is 154 Å². The average molecular weight is 373 g/mol. The molecule has 4 nitrogen and oxygen atoms in total. The van der Waals surface area contributed by atoms with Gasteiger partial charge in [-0.15, -0.1) is 0 Å². The van der Waals surface area contributed by atoms with Gasteiger partial charge in [-0.1, -0.05) is 30.3 Å². The Morgan fingerprint density at radius 1 is 1.11 bits per heavy atom. The van der Waals surface area contributed by atoms with Gasteiger partial charge in [0.15, 0.2) is 0 Å². The number of benzene rings is 2. The molecule has 1 unspecified atom stereocenters. The largest absolute Gasteiger partial charge is 0.416 e. The molecule has 0 bridgehead atoms. The molecule has 0 aliphatic heterocycles. The van der Waals surface area contributed by atoms with Crippen molar-refractivity contribution in [1.82, 2.24) is 10.3 Å². The van der Waals surface area contributed by atoms with Crippen LogP contribution < -0.4 is 10.6 Å². The van der Waals surface area contributed by atoms with Crippen LogP contribution in [0, 0.1) is 0 Å². The topological polar surface area (TPSA) is 54.0 Å². The maximum Gasteiger partial charge on any atom is 0.416 e. The van der Waals surface area contributed by atoms with E-state index in [1.165, 1.54) is 12.1 Å². The summed E-state index contributed by atoms with van der Waals surface area (Å²) in [6.07, 6.45) is -2.53. The molecule has 1 amide bonds. The van der Waals surface area contributed by atoms with E-state index in [4.69, 9.17) is 0 Å². The number of carbonyl (C=O) groups is 1. The van der Waals surface area contributed by atoms with Crippen molar-refractivity contribution in [3.05, 3.63) is 71.9 Å². The minimum absolute atomic E-state index is 0.265. The summed E-state index contributed by atoms with van der Waals surface area (Å²) in [6.45, 7) is 0. The van der Waals surface area contributed by atoms with E-state index in [0.717, 1.165) is 23.0 Å². The molecule has 0 saturated carbocycles. The number of pyridine rings is 1. The van der Waals surface area contributed by atoms with E-state index in [9.17, 15) is 18.0 Å². The fraction of sp³-hybridized carbons (Fsp3) is 0.200. The zero-order valence-corrected chi connectivity index (χ0v) is 14.5. The molecule has 0 saturated heterocycles. The molecule has 0 fully saturated rings. The lowest BCUT2D eigenvalue weighted by molar-refractivity contribution is -0.137. The van der Waals surface area contributed by atoms with Crippen LogP contribution in [0.1, 0.15) is 11.1 Å². The summed E-state index contributed by atoms with van der Waals surface area (Å²) in [4.78, 5) is 16.8. The Kier molecular flexibility index (Phi) is 5.41. The third-order valence-corrected chi connectivity index (χ3v) is 4.24. The number of nitrogens with zero attached hydrogens (tertiary/aromatic N) is 1. The molecule has 1 aromatic heterocycles. The second kappa shape index (κ2) is 7.75. The van der Waals surface area contributed by atoms with Gasteiger partial charge in [0.1, 0.15) is 0 Å². The van der Waals surface area contributed by atoms with Gasteiger partial charge in [0.2, 0.25) is 5.91 Å². The van der Waals surface area contributed by atoms with Gasteiger partial charge < -0.3 is 10.6 Å². The van der Waals surface area contributed by atoms with E-state index in [1.54, 1.807) is 13.2 Å².